The highest BCUT2D eigenvalue weighted by molar-refractivity contribution is 7.18. The third kappa shape index (κ3) is 5.20. The monoisotopic (exact) mass is 465 g/mol. The third-order valence-corrected chi connectivity index (χ3v) is 7.65. The molecule has 33 heavy (non-hydrogen) atoms. The number of aromatic nitrogens is 2. The lowest BCUT2D eigenvalue weighted by Gasteiger charge is -2.26. The van der Waals surface area contributed by atoms with Crippen LogP contribution in [0.15, 0.2) is 12.1 Å². The lowest BCUT2D eigenvalue weighted by atomic mass is 10.1. The zero-order valence-corrected chi connectivity index (χ0v) is 21.5. The van der Waals surface area contributed by atoms with Crippen molar-refractivity contribution in [3.63, 3.8) is 0 Å². The van der Waals surface area contributed by atoms with Crippen molar-refractivity contribution in [3.8, 4) is 0 Å². The summed E-state index contributed by atoms with van der Waals surface area (Å²) in [7, 11) is 1.95. The van der Waals surface area contributed by atoms with Crippen molar-refractivity contribution < 1.29 is 4.79 Å². The lowest BCUT2D eigenvalue weighted by Crippen LogP contribution is -2.32. The van der Waals surface area contributed by atoms with Crippen LogP contribution in [0.1, 0.15) is 52.2 Å². The highest BCUT2D eigenvalue weighted by Gasteiger charge is 2.21. The van der Waals surface area contributed by atoms with Crippen LogP contribution in [0.5, 0.6) is 0 Å². The van der Waals surface area contributed by atoms with Gasteiger partial charge >= 0.3 is 0 Å². The van der Waals surface area contributed by atoms with E-state index < -0.39 is 0 Å². The van der Waals surface area contributed by atoms with Crippen molar-refractivity contribution in [2.45, 2.75) is 60.4 Å². The fraction of sp³-hybridized carbons (Fsp3) is 0.500. The van der Waals surface area contributed by atoms with Gasteiger partial charge in [-0.05, 0) is 77.2 Å². The number of anilines is 2. The van der Waals surface area contributed by atoms with Gasteiger partial charge in [0.25, 0.3) is 0 Å². The van der Waals surface area contributed by atoms with E-state index >= 15 is 0 Å². The molecule has 0 atom stereocenters. The third-order valence-electron chi connectivity index (χ3n) is 6.55. The number of carbonyl (C=O) groups excluding carboxylic acids is 1. The van der Waals surface area contributed by atoms with E-state index in [1.165, 1.54) is 35.3 Å². The minimum absolute atomic E-state index is 0.0403. The number of nitrogens with one attached hydrogen (secondary N) is 1. The molecule has 2 aromatic heterocycles. The van der Waals surface area contributed by atoms with Gasteiger partial charge in [0.15, 0.2) is 0 Å². The van der Waals surface area contributed by atoms with Crippen LogP contribution in [0.3, 0.4) is 0 Å². The Morgan fingerprint density at radius 2 is 1.73 bits per heavy atom. The minimum atomic E-state index is -0.0403. The summed E-state index contributed by atoms with van der Waals surface area (Å²) in [6.07, 6.45) is 3.79. The fourth-order valence-electron chi connectivity index (χ4n) is 4.78. The van der Waals surface area contributed by atoms with Crippen LogP contribution in [-0.2, 0) is 11.3 Å². The van der Waals surface area contributed by atoms with Crippen LogP contribution < -0.4 is 10.2 Å². The second kappa shape index (κ2) is 9.77. The number of benzene rings is 1. The zero-order valence-electron chi connectivity index (χ0n) is 20.7. The van der Waals surface area contributed by atoms with Crippen LogP contribution in [0.25, 0.3) is 10.2 Å². The summed E-state index contributed by atoms with van der Waals surface area (Å²) < 4.78 is 0. The molecule has 3 heterocycles. The van der Waals surface area contributed by atoms with Gasteiger partial charge in [0.1, 0.15) is 16.5 Å². The van der Waals surface area contributed by atoms with Gasteiger partial charge in [-0.2, -0.15) is 0 Å². The van der Waals surface area contributed by atoms with Crippen LogP contribution >= 0.6 is 11.3 Å². The van der Waals surface area contributed by atoms with Gasteiger partial charge in [-0.3, -0.25) is 9.69 Å². The van der Waals surface area contributed by atoms with E-state index in [1.54, 1.807) is 11.3 Å². The molecule has 1 aliphatic heterocycles. The highest BCUT2D eigenvalue weighted by Crippen LogP contribution is 2.35. The van der Waals surface area contributed by atoms with Crippen LogP contribution in [0.2, 0.25) is 0 Å². The van der Waals surface area contributed by atoms with E-state index in [9.17, 15) is 4.79 Å². The Bertz CT molecular complexity index is 1160. The first kappa shape index (κ1) is 23.6. The van der Waals surface area contributed by atoms with E-state index in [1.807, 2.05) is 25.8 Å². The van der Waals surface area contributed by atoms with Crippen LogP contribution in [-0.4, -0.2) is 47.5 Å². The molecule has 0 radical (unpaired) electrons. The first-order chi connectivity index (χ1) is 15.7. The van der Waals surface area contributed by atoms with Gasteiger partial charge in [-0.1, -0.05) is 24.1 Å². The average molecular weight is 466 g/mol. The van der Waals surface area contributed by atoms with Crippen molar-refractivity contribution in [1.29, 1.82) is 0 Å². The number of amides is 1. The molecule has 1 saturated heterocycles. The van der Waals surface area contributed by atoms with Gasteiger partial charge in [0, 0.05) is 17.6 Å². The number of hydrogen-bond donors (Lipinski definition) is 1. The Hall–Kier alpha value is -2.51. The number of piperidine rings is 1. The van der Waals surface area contributed by atoms with E-state index in [2.05, 4.69) is 43.1 Å². The summed E-state index contributed by atoms with van der Waals surface area (Å²) in [5.41, 5.74) is 5.47. The summed E-state index contributed by atoms with van der Waals surface area (Å²) >= 11 is 1.72. The van der Waals surface area contributed by atoms with E-state index in [4.69, 9.17) is 9.97 Å². The normalized spacial score (nSPS) is 14.6. The number of fused-ring (bicyclic) bond motifs is 1. The molecule has 176 valence electrons. The second-order valence-corrected chi connectivity index (χ2v) is 10.6. The molecule has 1 aliphatic rings. The van der Waals surface area contributed by atoms with Gasteiger partial charge < -0.3 is 10.2 Å². The number of thiophene rings is 1. The molecular formula is C26H35N5OS. The SMILES string of the molecule is Cc1cc(C)c(NC(=O)CN(C)c2nc(CN3CCCCC3)nc3sc(C)c(C)c23)c(C)c1. The minimum Gasteiger partial charge on any atom is -0.350 e. The Labute approximate surface area is 201 Å². The van der Waals surface area contributed by atoms with Crippen molar-refractivity contribution >= 4 is 39.0 Å². The van der Waals surface area contributed by atoms with Crippen molar-refractivity contribution in [3.05, 3.63) is 45.1 Å². The largest absolute Gasteiger partial charge is 0.350 e. The predicted molar refractivity (Wildman–Crippen MR) is 139 cm³/mol. The van der Waals surface area contributed by atoms with Crippen molar-refractivity contribution in [1.82, 2.24) is 14.9 Å². The molecule has 0 aliphatic carbocycles. The maximum absolute atomic E-state index is 13.0. The number of likely N-dealkylation sites (tertiary alicyclic amines) is 1. The summed E-state index contributed by atoms with van der Waals surface area (Å²) in [5.74, 6) is 1.65. The number of carbonyl (C=O) groups is 1. The Morgan fingerprint density at radius 1 is 1.06 bits per heavy atom. The lowest BCUT2D eigenvalue weighted by molar-refractivity contribution is -0.114. The summed E-state index contributed by atoms with van der Waals surface area (Å²) in [5, 5.41) is 4.19. The first-order valence-electron chi connectivity index (χ1n) is 11.8. The summed E-state index contributed by atoms with van der Waals surface area (Å²) in [4.78, 5) is 29.6. The quantitative estimate of drug-likeness (QED) is 0.536. The summed E-state index contributed by atoms with van der Waals surface area (Å²) in [6, 6.07) is 4.20. The number of aryl methyl sites for hydroxylation is 5. The number of likely N-dealkylation sites (N-methyl/N-ethyl adjacent to an activating group) is 1. The van der Waals surface area contributed by atoms with Crippen molar-refractivity contribution in [2.75, 3.05) is 36.9 Å². The van der Waals surface area contributed by atoms with E-state index in [0.29, 0.717) is 0 Å². The molecule has 0 spiro atoms. The fourth-order valence-corrected chi connectivity index (χ4v) is 5.82. The standard InChI is InChI=1S/C26H35N5OS/c1-16-12-17(2)24(18(3)13-16)29-22(32)15-30(6)25-23-19(4)20(5)33-26(23)28-21(27-25)14-31-10-8-7-9-11-31/h12-13H,7-11,14-15H2,1-6H3,(H,29,32). The molecule has 3 aromatic rings. The van der Waals surface area contributed by atoms with Crippen molar-refractivity contribution in [2.24, 2.45) is 0 Å². The number of nitrogens with zero attached hydrogens (tertiary/aromatic N) is 4. The van der Waals surface area contributed by atoms with Gasteiger partial charge in [0.2, 0.25) is 5.91 Å². The van der Waals surface area contributed by atoms with E-state index in [0.717, 1.165) is 58.3 Å². The maximum Gasteiger partial charge on any atom is 0.243 e. The molecule has 1 amide bonds. The molecule has 1 aromatic carbocycles. The number of hydrogen-bond acceptors (Lipinski definition) is 6. The van der Waals surface area contributed by atoms with Gasteiger partial charge in [-0.15, -0.1) is 11.3 Å². The van der Waals surface area contributed by atoms with E-state index in [-0.39, 0.29) is 12.5 Å². The molecular weight excluding hydrogens is 430 g/mol. The highest BCUT2D eigenvalue weighted by atomic mass is 32.1. The Morgan fingerprint density at radius 3 is 2.39 bits per heavy atom. The van der Waals surface area contributed by atoms with Crippen LogP contribution in [0, 0.1) is 34.6 Å². The zero-order chi connectivity index (χ0) is 23.7. The molecule has 7 heteroatoms. The van der Waals surface area contributed by atoms with Gasteiger partial charge in [-0.25, -0.2) is 9.97 Å². The molecule has 0 unspecified atom stereocenters. The molecule has 1 fully saturated rings. The smallest absolute Gasteiger partial charge is 0.243 e. The summed E-state index contributed by atoms with van der Waals surface area (Å²) in [6.45, 7) is 13.6. The Balaban J connectivity index is 1.59. The molecule has 0 saturated carbocycles. The second-order valence-electron chi connectivity index (χ2n) is 9.44. The van der Waals surface area contributed by atoms with Crippen LogP contribution in [0.4, 0.5) is 11.5 Å². The predicted octanol–water partition coefficient (Wildman–Crippen LogP) is 5.29. The molecule has 1 N–H and O–H groups in total. The maximum atomic E-state index is 13.0. The number of rotatable bonds is 6. The first-order valence-corrected chi connectivity index (χ1v) is 12.6. The Kier molecular flexibility index (Phi) is 7.00. The molecule has 0 bridgehead atoms. The average Bonchev–Trinajstić information content (AvgIpc) is 3.04. The van der Waals surface area contributed by atoms with Gasteiger partial charge in [0.05, 0.1) is 18.5 Å². The topological polar surface area (TPSA) is 61.4 Å². The molecule has 4 rings (SSSR count). The molecule has 6 nitrogen and oxygen atoms in total.